The second kappa shape index (κ2) is 11.5. The molecule has 0 radical (unpaired) electrons. The maximum Gasteiger partial charge on any atom is 0.337 e. The molecule has 200 valence electrons. The van der Waals surface area contributed by atoms with Crippen molar-refractivity contribution >= 4 is 22.6 Å². The number of ether oxygens (including phenoxy) is 4. The van der Waals surface area contributed by atoms with Gasteiger partial charge in [0, 0.05) is 6.54 Å². The van der Waals surface area contributed by atoms with Crippen LogP contribution in [-0.4, -0.2) is 51.3 Å². The van der Waals surface area contributed by atoms with E-state index in [1.54, 1.807) is 38.5 Å². The second-order valence-corrected chi connectivity index (χ2v) is 9.40. The minimum Gasteiger partial charge on any atom is -0.493 e. The minimum atomic E-state index is -0.408. The van der Waals surface area contributed by atoms with Crippen molar-refractivity contribution in [1.29, 1.82) is 0 Å². The van der Waals surface area contributed by atoms with Crippen LogP contribution in [0, 0.1) is 0 Å². The van der Waals surface area contributed by atoms with Crippen LogP contribution in [0.4, 0.5) is 0 Å². The first kappa shape index (κ1) is 26.1. The quantitative estimate of drug-likeness (QED) is 0.287. The highest BCUT2D eigenvalue weighted by molar-refractivity contribution is 5.90. The summed E-state index contributed by atoms with van der Waals surface area (Å²) in [5, 5.41) is 2.19. The lowest BCUT2D eigenvalue weighted by atomic mass is 9.91. The van der Waals surface area contributed by atoms with Crippen molar-refractivity contribution in [2.24, 2.45) is 0 Å². The maximum atomic E-state index is 13.8. The van der Waals surface area contributed by atoms with Gasteiger partial charge < -0.3 is 23.8 Å². The Kier molecular flexibility index (Phi) is 7.68. The monoisotopic (exact) mass is 525 g/mol. The number of methoxy groups -OCH3 is 3. The van der Waals surface area contributed by atoms with Gasteiger partial charge in [0.2, 0.25) is 5.91 Å². The van der Waals surface area contributed by atoms with Gasteiger partial charge in [-0.05, 0) is 70.3 Å². The van der Waals surface area contributed by atoms with Crippen LogP contribution in [-0.2, 0) is 22.4 Å². The fraction of sp³-hybridized carbons (Fsp3) is 0.250. The van der Waals surface area contributed by atoms with Crippen molar-refractivity contribution in [2.75, 3.05) is 34.5 Å². The third kappa shape index (κ3) is 5.39. The van der Waals surface area contributed by atoms with Gasteiger partial charge in [-0.15, -0.1) is 0 Å². The Morgan fingerprint density at radius 2 is 1.59 bits per heavy atom. The van der Waals surface area contributed by atoms with Gasteiger partial charge in [-0.2, -0.15) is 0 Å². The van der Waals surface area contributed by atoms with Crippen LogP contribution in [0.3, 0.4) is 0 Å². The number of esters is 1. The molecule has 1 unspecified atom stereocenters. The molecule has 4 aromatic rings. The molecule has 0 spiro atoms. The number of amides is 1. The average molecular weight is 526 g/mol. The SMILES string of the molecule is COC(=O)c1ccc(OCC2c3cc(OC)c(OC)cc3CCN2C(=O)Cc2cccc3ccccc23)cc1. The molecule has 7 nitrogen and oxygen atoms in total. The summed E-state index contributed by atoms with van der Waals surface area (Å²) < 4.78 is 22.1. The number of rotatable bonds is 8. The molecule has 0 aliphatic carbocycles. The molecule has 1 aliphatic heterocycles. The van der Waals surface area contributed by atoms with Crippen molar-refractivity contribution in [2.45, 2.75) is 18.9 Å². The van der Waals surface area contributed by atoms with Gasteiger partial charge in [0.05, 0.1) is 39.4 Å². The number of hydrogen-bond donors (Lipinski definition) is 0. The number of benzene rings is 4. The Balaban J connectivity index is 1.45. The molecule has 1 atom stereocenters. The van der Waals surface area contributed by atoms with Crippen LogP contribution in [0.25, 0.3) is 10.8 Å². The molecule has 1 heterocycles. The van der Waals surface area contributed by atoms with Crippen LogP contribution in [0.5, 0.6) is 17.2 Å². The zero-order valence-corrected chi connectivity index (χ0v) is 22.3. The molecule has 0 N–H and O–H groups in total. The van der Waals surface area contributed by atoms with E-state index in [2.05, 4.69) is 18.2 Å². The molecule has 4 aromatic carbocycles. The second-order valence-electron chi connectivity index (χ2n) is 9.40. The lowest BCUT2D eigenvalue weighted by Gasteiger charge is -2.38. The summed E-state index contributed by atoms with van der Waals surface area (Å²) >= 11 is 0. The predicted molar refractivity (Wildman–Crippen MR) is 149 cm³/mol. The first-order valence-electron chi connectivity index (χ1n) is 12.8. The van der Waals surface area contributed by atoms with Crippen LogP contribution >= 0.6 is 0 Å². The maximum absolute atomic E-state index is 13.8. The summed E-state index contributed by atoms with van der Waals surface area (Å²) in [5.41, 5.74) is 3.50. The third-order valence-electron chi connectivity index (χ3n) is 7.23. The van der Waals surface area contributed by atoms with Crippen molar-refractivity contribution < 1.29 is 28.5 Å². The van der Waals surface area contributed by atoms with Gasteiger partial charge in [0.15, 0.2) is 11.5 Å². The number of fused-ring (bicyclic) bond motifs is 2. The van der Waals surface area contributed by atoms with E-state index in [0.29, 0.717) is 35.8 Å². The third-order valence-corrected chi connectivity index (χ3v) is 7.23. The fourth-order valence-electron chi connectivity index (χ4n) is 5.20. The Labute approximate surface area is 227 Å². The van der Waals surface area contributed by atoms with Gasteiger partial charge >= 0.3 is 5.97 Å². The van der Waals surface area contributed by atoms with Crippen LogP contribution in [0.1, 0.15) is 33.1 Å². The first-order chi connectivity index (χ1) is 19.0. The van der Waals surface area contributed by atoms with E-state index in [1.807, 2.05) is 41.3 Å². The molecule has 0 saturated carbocycles. The Bertz CT molecular complexity index is 1490. The highest BCUT2D eigenvalue weighted by atomic mass is 16.5. The van der Waals surface area contributed by atoms with E-state index >= 15 is 0 Å². The molecule has 0 fully saturated rings. The zero-order valence-electron chi connectivity index (χ0n) is 22.3. The highest BCUT2D eigenvalue weighted by Crippen LogP contribution is 2.39. The molecular weight excluding hydrogens is 494 g/mol. The summed E-state index contributed by atoms with van der Waals surface area (Å²) in [7, 11) is 4.57. The molecular formula is C32H31NO6. The first-order valence-corrected chi connectivity index (χ1v) is 12.8. The molecule has 5 rings (SSSR count). The van der Waals surface area contributed by atoms with Gasteiger partial charge in [-0.25, -0.2) is 4.79 Å². The summed E-state index contributed by atoms with van der Waals surface area (Å²) in [6.45, 7) is 0.794. The Morgan fingerprint density at radius 3 is 2.33 bits per heavy atom. The van der Waals surface area contributed by atoms with E-state index in [9.17, 15) is 9.59 Å². The van der Waals surface area contributed by atoms with Crippen LogP contribution in [0.15, 0.2) is 78.9 Å². The fourth-order valence-corrected chi connectivity index (χ4v) is 5.20. The number of nitrogens with zero attached hydrogens (tertiary/aromatic N) is 1. The summed E-state index contributed by atoms with van der Waals surface area (Å²) in [4.78, 5) is 27.5. The van der Waals surface area contributed by atoms with Gasteiger partial charge in [-0.1, -0.05) is 42.5 Å². The van der Waals surface area contributed by atoms with E-state index in [-0.39, 0.29) is 25.0 Å². The Hall–Kier alpha value is -4.52. The number of carbonyl (C=O) groups is 2. The lowest BCUT2D eigenvalue weighted by Crippen LogP contribution is -2.43. The minimum absolute atomic E-state index is 0.0291. The molecule has 1 aliphatic rings. The summed E-state index contributed by atoms with van der Waals surface area (Å²) in [5.74, 6) is 1.48. The molecule has 7 heteroatoms. The van der Waals surface area contributed by atoms with Crippen molar-refractivity contribution in [1.82, 2.24) is 4.90 Å². The molecule has 39 heavy (non-hydrogen) atoms. The molecule has 0 bridgehead atoms. The zero-order chi connectivity index (χ0) is 27.4. The lowest BCUT2D eigenvalue weighted by molar-refractivity contribution is -0.134. The van der Waals surface area contributed by atoms with Crippen molar-refractivity contribution in [3.05, 3.63) is 101 Å². The van der Waals surface area contributed by atoms with Crippen LogP contribution in [0.2, 0.25) is 0 Å². The number of hydrogen-bond acceptors (Lipinski definition) is 6. The van der Waals surface area contributed by atoms with E-state index in [1.165, 1.54) is 7.11 Å². The standard InChI is InChI=1S/C32H31NO6/c1-36-29-17-24-15-16-33(31(34)18-23-9-6-8-21-7-4-5-10-26(21)23)28(27(24)19-30(29)37-2)20-39-25-13-11-22(12-14-25)32(35)38-3/h4-14,17,19,28H,15-16,18,20H2,1-3H3. The molecule has 0 saturated heterocycles. The highest BCUT2D eigenvalue weighted by Gasteiger charge is 2.33. The summed E-state index contributed by atoms with van der Waals surface area (Å²) in [6.07, 6.45) is 0.982. The van der Waals surface area contributed by atoms with E-state index in [0.717, 1.165) is 27.5 Å². The van der Waals surface area contributed by atoms with Gasteiger partial charge in [0.1, 0.15) is 12.4 Å². The van der Waals surface area contributed by atoms with E-state index in [4.69, 9.17) is 18.9 Å². The Morgan fingerprint density at radius 1 is 0.872 bits per heavy atom. The summed E-state index contributed by atoms with van der Waals surface area (Å²) in [6, 6.07) is 24.5. The molecule has 0 aromatic heterocycles. The average Bonchev–Trinajstić information content (AvgIpc) is 2.99. The predicted octanol–water partition coefficient (Wildman–Crippen LogP) is 5.39. The van der Waals surface area contributed by atoms with Crippen LogP contribution < -0.4 is 14.2 Å². The van der Waals surface area contributed by atoms with Crippen molar-refractivity contribution in [3.8, 4) is 17.2 Å². The van der Waals surface area contributed by atoms with Crippen molar-refractivity contribution in [3.63, 3.8) is 0 Å². The normalized spacial score (nSPS) is 14.4. The van der Waals surface area contributed by atoms with Gasteiger partial charge in [-0.3, -0.25) is 4.79 Å². The largest absolute Gasteiger partial charge is 0.493 e. The number of carbonyl (C=O) groups excluding carboxylic acids is 2. The topological polar surface area (TPSA) is 74.3 Å². The smallest absolute Gasteiger partial charge is 0.337 e. The molecule has 1 amide bonds. The van der Waals surface area contributed by atoms with Gasteiger partial charge in [0.25, 0.3) is 0 Å². The van der Waals surface area contributed by atoms with E-state index < -0.39 is 5.97 Å².